The minimum Gasteiger partial charge on any atom is -0.480 e. The summed E-state index contributed by atoms with van der Waals surface area (Å²) in [6, 6.07) is 14.6. The van der Waals surface area contributed by atoms with Crippen LogP contribution in [0.2, 0.25) is 0 Å². The molecule has 2 rings (SSSR count). The van der Waals surface area contributed by atoms with E-state index in [2.05, 4.69) is 21.9 Å². The van der Waals surface area contributed by atoms with E-state index >= 15 is 0 Å². The summed E-state index contributed by atoms with van der Waals surface area (Å²) in [5.74, 6) is 2.75. The van der Waals surface area contributed by atoms with Crippen LogP contribution in [-0.2, 0) is 9.84 Å². The number of hydrogen-bond acceptors (Lipinski definition) is 4. The fraction of sp³-hybridized carbons (Fsp3) is 0.0556. The van der Waals surface area contributed by atoms with Crippen LogP contribution in [0.5, 0.6) is 5.75 Å². The SMILES string of the molecule is C#CCOc1ccccc1/C=C(\C#N)S(=O)(=O)c1ccc(Br)cc1. The Hall–Kier alpha value is -2.54. The Labute approximate surface area is 149 Å². The minimum atomic E-state index is -3.92. The van der Waals surface area contributed by atoms with Crippen LogP contribution in [-0.4, -0.2) is 15.0 Å². The third kappa shape index (κ3) is 4.05. The molecule has 0 aliphatic carbocycles. The number of allylic oxidation sites excluding steroid dienone is 1. The summed E-state index contributed by atoms with van der Waals surface area (Å²) in [5, 5.41) is 9.33. The Morgan fingerprint density at radius 1 is 1.21 bits per heavy atom. The van der Waals surface area contributed by atoms with Crippen LogP contribution in [0.15, 0.2) is 62.8 Å². The predicted octanol–water partition coefficient (Wildman–Crippen LogP) is 3.80. The first-order chi connectivity index (χ1) is 11.5. The van der Waals surface area contributed by atoms with Crippen molar-refractivity contribution in [2.75, 3.05) is 6.61 Å². The highest BCUT2D eigenvalue weighted by molar-refractivity contribution is 9.10. The van der Waals surface area contributed by atoms with Gasteiger partial charge in [0.2, 0.25) is 9.84 Å². The molecule has 0 fully saturated rings. The molecule has 2 aromatic rings. The average molecular weight is 402 g/mol. The van der Waals surface area contributed by atoms with Gasteiger partial charge in [0, 0.05) is 10.0 Å². The molecule has 0 aliphatic rings. The largest absolute Gasteiger partial charge is 0.480 e. The number of para-hydroxylation sites is 1. The molecule has 2 aromatic carbocycles. The van der Waals surface area contributed by atoms with Gasteiger partial charge in [-0.25, -0.2) is 8.42 Å². The lowest BCUT2D eigenvalue weighted by Gasteiger charge is -2.07. The van der Waals surface area contributed by atoms with Crippen LogP contribution in [0.4, 0.5) is 0 Å². The van der Waals surface area contributed by atoms with E-state index in [1.165, 1.54) is 18.2 Å². The maximum Gasteiger partial charge on any atom is 0.216 e. The van der Waals surface area contributed by atoms with E-state index in [0.717, 1.165) is 4.47 Å². The van der Waals surface area contributed by atoms with Crippen molar-refractivity contribution in [2.24, 2.45) is 0 Å². The van der Waals surface area contributed by atoms with Gasteiger partial charge < -0.3 is 4.74 Å². The summed E-state index contributed by atoms with van der Waals surface area (Å²) in [7, 11) is -3.92. The molecule has 0 aromatic heterocycles. The molecule has 0 radical (unpaired) electrons. The Balaban J connectivity index is 2.49. The standard InChI is InChI=1S/C18H12BrNO3S/c1-2-11-23-18-6-4-3-5-14(18)12-17(13-20)24(21,22)16-9-7-15(19)8-10-16/h1,3-10,12H,11H2/b17-12+. The van der Waals surface area contributed by atoms with Crippen molar-refractivity contribution in [3.8, 4) is 24.2 Å². The lowest BCUT2D eigenvalue weighted by atomic mass is 10.2. The number of ether oxygens (including phenoxy) is 1. The van der Waals surface area contributed by atoms with Crippen molar-refractivity contribution >= 4 is 31.8 Å². The Kier molecular flexibility index (Phi) is 5.81. The highest BCUT2D eigenvalue weighted by atomic mass is 79.9. The minimum absolute atomic E-state index is 0.0422. The molecule has 0 saturated carbocycles. The van der Waals surface area contributed by atoms with Gasteiger partial charge in [-0.2, -0.15) is 5.26 Å². The molecule has 6 heteroatoms. The van der Waals surface area contributed by atoms with E-state index in [1.54, 1.807) is 42.5 Å². The summed E-state index contributed by atoms with van der Waals surface area (Å²) >= 11 is 3.25. The van der Waals surface area contributed by atoms with Gasteiger partial charge in [0.15, 0.2) is 0 Å². The number of terminal acetylenes is 1. The number of benzene rings is 2. The van der Waals surface area contributed by atoms with Crippen LogP contribution < -0.4 is 4.74 Å². The molecule has 0 amide bonds. The molecule has 4 nitrogen and oxygen atoms in total. The Morgan fingerprint density at radius 3 is 2.50 bits per heavy atom. The highest BCUT2D eigenvalue weighted by Gasteiger charge is 2.21. The van der Waals surface area contributed by atoms with Gasteiger partial charge in [-0.3, -0.25) is 0 Å². The monoisotopic (exact) mass is 401 g/mol. The van der Waals surface area contributed by atoms with Crippen molar-refractivity contribution in [2.45, 2.75) is 4.90 Å². The smallest absolute Gasteiger partial charge is 0.216 e. The van der Waals surface area contributed by atoms with E-state index in [-0.39, 0.29) is 16.4 Å². The van der Waals surface area contributed by atoms with E-state index in [1.807, 2.05) is 0 Å². The van der Waals surface area contributed by atoms with Gasteiger partial charge in [-0.1, -0.05) is 40.0 Å². The molecule has 120 valence electrons. The first-order valence-electron chi connectivity index (χ1n) is 6.77. The fourth-order valence-corrected chi connectivity index (χ4v) is 3.32. The van der Waals surface area contributed by atoms with E-state index < -0.39 is 9.84 Å². The molecular weight excluding hydrogens is 390 g/mol. The Morgan fingerprint density at radius 2 is 1.88 bits per heavy atom. The first-order valence-corrected chi connectivity index (χ1v) is 9.04. The van der Waals surface area contributed by atoms with Gasteiger partial charge in [0.25, 0.3) is 0 Å². The maximum atomic E-state index is 12.6. The molecule has 0 aliphatic heterocycles. The number of halogens is 1. The average Bonchev–Trinajstić information content (AvgIpc) is 2.58. The first kappa shape index (κ1) is 17.8. The molecule has 24 heavy (non-hydrogen) atoms. The lowest BCUT2D eigenvalue weighted by molar-refractivity contribution is 0.369. The van der Waals surface area contributed by atoms with Gasteiger partial charge in [-0.05, 0) is 36.4 Å². The summed E-state index contributed by atoms with van der Waals surface area (Å²) < 4.78 is 31.4. The number of sulfone groups is 1. The second-order valence-corrected chi connectivity index (χ2v) is 7.44. The van der Waals surface area contributed by atoms with E-state index in [4.69, 9.17) is 11.2 Å². The van der Waals surface area contributed by atoms with Crippen molar-refractivity contribution in [3.05, 3.63) is 63.5 Å². The maximum absolute atomic E-state index is 12.6. The van der Waals surface area contributed by atoms with Crippen molar-refractivity contribution in [3.63, 3.8) is 0 Å². The van der Waals surface area contributed by atoms with Crippen LogP contribution in [0.1, 0.15) is 5.56 Å². The second kappa shape index (κ2) is 7.83. The predicted molar refractivity (Wildman–Crippen MR) is 95.7 cm³/mol. The van der Waals surface area contributed by atoms with Gasteiger partial charge in [-0.15, -0.1) is 6.42 Å². The van der Waals surface area contributed by atoms with Gasteiger partial charge in [0.1, 0.15) is 23.3 Å². The Bertz CT molecular complexity index is 949. The van der Waals surface area contributed by atoms with Crippen LogP contribution in [0.25, 0.3) is 6.08 Å². The van der Waals surface area contributed by atoms with Crippen molar-refractivity contribution in [1.82, 2.24) is 0 Å². The van der Waals surface area contributed by atoms with E-state index in [0.29, 0.717) is 11.3 Å². The van der Waals surface area contributed by atoms with Crippen molar-refractivity contribution in [1.29, 1.82) is 5.26 Å². The summed E-state index contributed by atoms with van der Waals surface area (Å²) in [6.07, 6.45) is 6.45. The normalized spacial score (nSPS) is 11.4. The van der Waals surface area contributed by atoms with Gasteiger partial charge >= 0.3 is 0 Å². The zero-order chi connectivity index (χ0) is 17.6. The molecule has 0 saturated heterocycles. The third-order valence-electron chi connectivity index (χ3n) is 3.04. The number of nitriles is 1. The molecule has 0 atom stereocenters. The molecule has 0 unspecified atom stereocenters. The zero-order valence-corrected chi connectivity index (χ0v) is 14.8. The van der Waals surface area contributed by atoms with Crippen LogP contribution >= 0.6 is 15.9 Å². The van der Waals surface area contributed by atoms with E-state index in [9.17, 15) is 13.7 Å². The molecule has 0 spiro atoms. The summed E-state index contributed by atoms with van der Waals surface area (Å²) in [4.78, 5) is -0.331. The summed E-state index contributed by atoms with van der Waals surface area (Å²) in [5.41, 5.74) is 0.463. The van der Waals surface area contributed by atoms with Crippen LogP contribution in [0.3, 0.4) is 0 Å². The van der Waals surface area contributed by atoms with Gasteiger partial charge in [0.05, 0.1) is 4.90 Å². The number of hydrogen-bond donors (Lipinski definition) is 0. The number of rotatable bonds is 5. The second-order valence-electron chi connectivity index (χ2n) is 4.61. The number of nitrogens with zero attached hydrogens (tertiary/aromatic N) is 1. The molecule has 0 heterocycles. The molecule has 0 bridgehead atoms. The third-order valence-corrected chi connectivity index (χ3v) is 5.25. The van der Waals surface area contributed by atoms with Crippen molar-refractivity contribution < 1.29 is 13.2 Å². The fourth-order valence-electron chi connectivity index (χ4n) is 1.90. The van der Waals surface area contributed by atoms with Crippen LogP contribution in [0, 0.1) is 23.7 Å². The molecule has 0 N–H and O–H groups in total. The topological polar surface area (TPSA) is 67.2 Å². The lowest BCUT2D eigenvalue weighted by Crippen LogP contribution is -2.04. The quantitative estimate of drug-likeness (QED) is 0.564. The zero-order valence-electron chi connectivity index (χ0n) is 12.4. The summed E-state index contributed by atoms with van der Waals surface area (Å²) in [6.45, 7) is 0.0478. The highest BCUT2D eigenvalue weighted by Crippen LogP contribution is 2.26. The molecular formula is C18H12BrNO3S.